The third-order valence-corrected chi connectivity index (χ3v) is 3.74. The lowest BCUT2D eigenvalue weighted by atomic mass is 9.74. The Hall–Kier alpha value is -1.59. The van der Waals surface area contributed by atoms with Gasteiger partial charge in [0.1, 0.15) is 11.6 Å². The molecule has 5 nitrogen and oxygen atoms in total. The first-order valence-electron chi connectivity index (χ1n) is 5.96. The highest BCUT2D eigenvalue weighted by atomic mass is 35.5. The molecule has 0 aliphatic heterocycles. The lowest BCUT2D eigenvalue weighted by Gasteiger charge is -2.38. The molecule has 1 fully saturated rings. The Bertz CT molecular complexity index is 519. The maximum atomic E-state index is 12.3. The van der Waals surface area contributed by atoms with Crippen molar-refractivity contribution in [2.45, 2.75) is 30.9 Å². The van der Waals surface area contributed by atoms with Crippen molar-refractivity contribution in [1.82, 2.24) is 5.32 Å². The largest absolute Gasteiger partial charge is 0.465 e. The summed E-state index contributed by atoms with van der Waals surface area (Å²) in [5.74, 6) is -0.547. The van der Waals surface area contributed by atoms with Crippen LogP contribution in [-0.4, -0.2) is 28.2 Å². The summed E-state index contributed by atoms with van der Waals surface area (Å²) in [5, 5.41) is 21.3. The van der Waals surface area contributed by atoms with Crippen molar-refractivity contribution in [2.24, 2.45) is 0 Å². The molecule has 0 radical (unpaired) electrons. The Labute approximate surface area is 115 Å². The number of hydrogen-bond donors (Lipinski definition) is 3. The molecule has 0 aromatic heterocycles. The molecule has 0 heterocycles. The van der Waals surface area contributed by atoms with Crippen LogP contribution in [0.15, 0.2) is 24.3 Å². The lowest BCUT2D eigenvalue weighted by Crippen LogP contribution is -2.57. The van der Waals surface area contributed by atoms with Crippen molar-refractivity contribution in [2.75, 3.05) is 0 Å². The number of hydrogen-bond acceptors (Lipinski definition) is 3. The van der Waals surface area contributed by atoms with E-state index in [0.29, 0.717) is 29.8 Å². The Morgan fingerprint density at radius 3 is 2.74 bits per heavy atom. The number of carbonyl (C=O) groups is 2. The highest BCUT2D eigenvalue weighted by molar-refractivity contribution is 6.31. The van der Waals surface area contributed by atoms with Crippen LogP contribution < -0.4 is 5.32 Å². The van der Waals surface area contributed by atoms with Crippen LogP contribution in [0.1, 0.15) is 24.8 Å². The zero-order valence-electron chi connectivity index (χ0n) is 10.1. The number of carboxylic acid groups (broad SMARTS) is 1. The van der Waals surface area contributed by atoms with Crippen molar-refractivity contribution in [3.63, 3.8) is 0 Å². The van der Waals surface area contributed by atoms with Crippen LogP contribution in [0, 0.1) is 0 Å². The van der Waals surface area contributed by atoms with Crippen LogP contribution in [-0.2, 0) is 10.3 Å². The Morgan fingerprint density at radius 1 is 1.42 bits per heavy atom. The van der Waals surface area contributed by atoms with Gasteiger partial charge in [-0.05, 0) is 25.3 Å². The van der Waals surface area contributed by atoms with Gasteiger partial charge in [-0.25, -0.2) is 4.79 Å². The Morgan fingerprint density at radius 2 is 2.11 bits per heavy atom. The van der Waals surface area contributed by atoms with Gasteiger partial charge >= 0.3 is 6.09 Å². The zero-order valence-corrected chi connectivity index (χ0v) is 10.9. The topological polar surface area (TPSA) is 86.6 Å². The number of nitrogens with one attached hydrogen (secondary N) is 1. The minimum atomic E-state index is -1.46. The molecule has 0 bridgehead atoms. The molecule has 6 heteroatoms. The van der Waals surface area contributed by atoms with E-state index in [1.54, 1.807) is 24.3 Å². The van der Waals surface area contributed by atoms with Crippen molar-refractivity contribution < 1.29 is 19.8 Å². The molecule has 1 aromatic carbocycles. The fraction of sp³-hybridized carbons (Fsp3) is 0.385. The maximum absolute atomic E-state index is 12.3. The Balaban J connectivity index is 2.54. The predicted octanol–water partition coefficient (Wildman–Crippen LogP) is 1.92. The molecule has 102 valence electrons. The Kier molecular flexibility index (Phi) is 3.78. The van der Waals surface area contributed by atoms with E-state index >= 15 is 0 Å². The smallest absolute Gasteiger partial charge is 0.405 e. The number of halogens is 1. The second-order valence-electron chi connectivity index (χ2n) is 4.59. The fourth-order valence-corrected chi connectivity index (χ4v) is 2.85. The van der Waals surface area contributed by atoms with Crippen LogP contribution in [0.5, 0.6) is 0 Å². The number of amides is 1. The molecule has 1 saturated carbocycles. The molecular formula is C13H14ClNO4. The second-order valence-corrected chi connectivity index (χ2v) is 4.99. The van der Waals surface area contributed by atoms with E-state index in [-0.39, 0.29) is 0 Å². The highest BCUT2D eigenvalue weighted by Gasteiger charge is 2.47. The molecule has 1 aliphatic rings. The molecule has 19 heavy (non-hydrogen) atoms. The van der Waals surface area contributed by atoms with Crippen molar-refractivity contribution >= 4 is 23.5 Å². The van der Waals surface area contributed by atoms with Gasteiger partial charge in [-0.1, -0.05) is 29.8 Å². The number of benzene rings is 1. The van der Waals surface area contributed by atoms with Crippen LogP contribution in [0.3, 0.4) is 0 Å². The molecule has 0 spiro atoms. The molecule has 2 atom stereocenters. The van der Waals surface area contributed by atoms with Crippen LogP contribution in [0.4, 0.5) is 4.79 Å². The van der Waals surface area contributed by atoms with Crippen molar-refractivity contribution in [3.8, 4) is 0 Å². The number of ketones is 1. The van der Waals surface area contributed by atoms with Crippen LogP contribution in [0.2, 0.25) is 5.02 Å². The predicted molar refractivity (Wildman–Crippen MR) is 69.2 cm³/mol. The van der Waals surface area contributed by atoms with Gasteiger partial charge in [0.15, 0.2) is 5.78 Å². The van der Waals surface area contributed by atoms with E-state index in [9.17, 15) is 14.7 Å². The zero-order chi connectivity index (χ0) is 14.0. The number of aliphatic hydroxyl groups excluding tert-OH is 1. The molecule has 2 rings (SSSR count). The molecule has 3 N–H and O–H groups in total. The van der Waals surface area contributed by atoms with Gasteiger partial charge in [0, 0.05) is 10.6 Å². The van der Waals surface area contributed by atoms with Gasteiger partial charge in [0.25, 0.3) is 0 Å². The average Bonchev–Trinajstić information content (AvgIpc) is 2.35. The summed E-state index contributed by atoms with van der Waals surface area (Å²) in [7, 11) is 0. The standard InChI is InChI=1S/C13H14ClNO4/c14-9-5-2-1-4-8(9)13(15-12(18)19)7-3-6-10(16)11(13)17/h1-2,4-5,10,15-16H,3,6-7H2,(H,18,19)/t10-,13+/m0/s1. The van der Waals surface area contributed by atoms with E-state index in [4.69, 9.17) is 16.7 Å². The van der Waals surface area contributed by atoms with Crippen LogP contribution in [0.25, 0.3) is 0 Å². The third kappa shape index (κ3) is 2.43. The SMILES string of the molecule is O=C(O)N[C@@]1(c2ccccc2Cl)CCC[C@H](O)C1=O. The van der Waals surface area contributed by atoms with Gasteiger partial charge in [-0.3, -0.25) is 4.79 Å². The molecule has 1 aromatic rings. The van der Waals surface area contributed by atoms with E-state index in [2.05, 4.69) is 5.32 Å². The van der Waals surface area contributed by atoms with Gasteiger partial charge in [0.2, 0.25) is 0 Å². The second kappa shape index (κ2) is 5.19. The molecular weight excluding hydrogens is 270 g/mol. The van der Waals surface area contributed by atoms with Gasteiger partial charge in [-0.2, -0.15) is 0 Å². The summed E-state index contributed by atoms with van der Waals surface area (Å²) < 4.78 is 0. The number of carbonyl (C=O) groups excluding carboxylic acids is 1. The van der Waals surface area contributed by atoms with E-state index in [0.717, 1.165) is 0 Å². The summed E-state index contributed by atoms with van der Waals surface area (Å²) in [5.41, 5.74) is -1.07. The summed E-state index contributed by atoms with van der Waals surface area (Å²) >= 11 is 6.08. The van der Waals surface area contributed by atoms with Crippen molar-refractivity contribution in [1.29, 1.82) is 0 Å². The van der Waals surface area contributed by atoms with E-state index < -0.39 is 23.5 Å². The molecule has 1 amide bonds. The van der Waals surface area contributed by atoms with Gasteiger partial charge < -0.3 is 15.5 Å². The first kappa shape index (κ1) is 13.8. The first-order valence-corrected chi connectivity index (χ1v) is 6.33. The number of rotatable bonds is 2. The normalized spacial score (nSPS) is 27.1. The minimum absolute atomic E-state index is 0.291. The van der Waals surface area contributed by atoms with Crippen LogP contribution >= 0.6 is 11.6 Å². The summed E-state index contributed by atoms with van der Waals surface area (Å²) in [6, 6.07) is 6.58. The van der Waals surface area contributed by atoms with E-state index in [1.807, 2.05) is 0 Å². The molecule has 0 saturated heterocycles. The maximum Gasteiger partial charge on any atom is 0.405 e. The van der Waals surface area contributed by atoms with E-state index in [1.165, 1.54) is 0 Å². The number of Topliss-reactive ketones (excluding diaryl/α,β-unsaturated/α-hetero) is 1. The molecule has 0 unspecified atom stereocenters. The quantitative estimate of drug-likeness (QED) is 0.774. The molecule has 1 aliphatic carbocycles. The minimum Gasteiger partial charge on any atom is -0.465 e. The average molecular weight is 284 g/mol. The highest BCUT2D eigenvalue weighted by Crippen LogP contribution is 2.38. The third-order valence-electron chi connectivity index (χ3n) is 3.41. The van der Waals surface area contributed by atoms with Crippen molar-refractivity contribution in [3.05, 3.63) is 34.9 Å². The lowest BCUT2D eigenvalue weighted by molar-refractivity contribution is -0.137. The summed E-state index contributed by atoms with van der Waals surface area (Å²) in [4.78, 5) is 23.3. The van der Waals surface area contributed by atoms with Gasteiger partial charge in [-0.15, -0.1) is 0 Å². The number of aliphatic hydroxyl groups is 1. The first-order chi connectivity index (χ1) is 8.97. The summed E-state index contributed by atoms with van der Waals surface area (Å²) in [6.07, 6.45) is -1.32. The fourth-order valence-electron chi connectivity index (χ4n) is 2.55. The monoisotopic (exact) mass is 283 g/mol. The van der Waals surface area contributed by atoms with Gasteiger partial charge in [0.05, 0.1) is 0 Å². The summed E-state index contributed by atoms with van der Waals surface area (Å²) in [6.45, 7) is 0.